The van der Waals surface area contributed by atoms with Crippen LogP contribution in [0.2, 0.25) is 0 Å². The Morgan fingerprint density at radius 1 is 1.19 bits per heavy atom. The molecule has 0 spiro atoms. The quantitative estimate of drug-likeness (QED) is 0.343. The number of fused-ring (bicyclic) bond motifs is 3. The van der Waals surface area contributed by atoms with Crippen LogP contribution >= 0.6 is 0 Å². The number of benzene rings is 2. The maximum atomic E-state index is 15.6. The highest BCUT2D eigenvalue weighted by molar-refractivity contribution is 5.92. The minimum atomic E-state index is -0.856. The van der Waals surface area contributed by atoms with Crippen LogP contribution < -0.4 is 15.0 Å². The van der Waals surface area contributed by atoms with Gasteiger partial charge in [0.1, 0.15) is 22.9 Å². The molecule has 3 atom stereocenters. The molecule has 2 saturated heterocycles. The standard InChI is InChI=1S/C27H28F2N4O3/c1-15(34)17-5-3-4-16(10-17)11-20(35)8-9-21-23(28)12-22-25(24(21)29)31-27(36-2)32-26(22)33-13-18-6-7-19(14-33)30-18/h3-5,8-12,15,18-19,30,34-35H,6-7,13-14H2,1-2H3/b9-8+,20-11+. The third-order valence-electron chi connectivity index (χ3n) is 6.70. The SMILES string of the molecule is COc1nc(N2CC3CCC(C2)N3)c2cc(F)c(/C=C/C(O)=C\c3cccc(C(C)O)c3)c(F)c2n1. The van der Waals surface area contributed by atoms with Crippen molar-refractivity contribution in [2.24, 2.45) is 0 Å². The van der Waals surface area contributed by atoms with E-state index >= 15 is 8.78 Å². The highest BCUT2D eigenvalue weighted by Gasteiger charge is 2.34. The first kappa shape index (κ1) is 24.1. The van der Waals surface area contributed by atoms with Gasteiger partial charge >= 0.3 is 6.01 Å². The van der Waals surface area contributed by atoms with E-state index in [1.165, 1.54) is 31.4 Å². The van der Waals surface area contributed by atoms with Crippen molar-refractivity contribution < 1.29 is 23.7 Å². The molecule has 0 radical (unpaired) electrons. The van der Waals surface area contributed by atoms with Gasteiger partial charge in [0.25, 0.3) is 0 Å². The summed E-state index contributed by atoms with van der Waals surface area (Å²) in [5.74, 6) is -1.39. The molecule has 0 aliphatic carbocycles. The summed E-state index contributed by atoms with van der Waals surface area (Å²) in [7, 11) is 1.41. The van der Waals surface area contributed by atoms with E-state index in [2.05, 4.69) is 15.3 Å². The van der Waals surface area contributed by atoms with Gasteiger partial charge in [-0.1, -0.05) is 18.2 Å². The Kier molecular flexibility index (Phi) is 6.59. The summed E-state index contributed by atoms with van der Waals surface area (Å²) in [4.78, 5) is 10.6. The van der Waals surface area contributed by atoms with Crippen molar-refractivity contribution in [2.75, 3.05) is 25.1 Å². The first-order valence-corrected chi connectivity index (χ1v) is 11.9. The third-order valence-corrected chi connectivity index (χ3v) is 6.70. The fourth-order valence-corrected chi connectivity index (χ4v) is 4.93. The van der Waals surface area contributed by atoms with Crippen molar-refractivity contribution in [2.45, 2.75) is 38.0 Å². The van der Waals surface area contributed by atoms with Crippen molar-refractivity contribution in [1.29, 1.82) is 0 Å². The van der Waals surface area contributed by atoms with Crippen molar-refractivity contribution in [3.05, 3.63) is 70.5 Å². The van der Waals surface area contributed by atoms with Gasteiger partial charge in [0.2, 0.25) is 0 Å². The van der Waals surface area contributed by atoms with E-state index < -0.39 is 17.7 Å². The number of hydrogen-bond donors (Lipinski definition) is 3. The van der Waals surface area contributed by atoms with E-state index in [-0.39, 0.29) is 28.2 Å². The summed E-state index contributed by atoms with van der Waals surface area (Å²) in [5, 5.41) is 23.9. The molecule has 2 aliphatic rings. The minimum absolute atomic E-state index is 0.00422. The summed E-state index contributed by atoms with van der Waals surface area (Å²) in [5.41, 5.74) is 0.959. The molecule has 5 rings (SSSR count). The fraction of sp³-hybridized carbons (Fsp3) is 0.333. The number of nitrogens with one attached hydrogen (secondary N) is 1. The second kappa shape index (κ2) is 9.83. The van der Waals surface area contributed by atoms with E-state index in [0.717, 1.165) is 12.8 Å². The molecule has 3 N–H and O–H groups in total. The number of piperazine rings is 1. The number of allylic oxidation sites excluding steroid dienone is 1. The lowest BCUT2D eigenvalue weighted by Gasteiger charge is -2.34. The normalized spacial score (nSPS) is 20.9. The number of methoxy groups -OCH3 is 1. The second-order valence-electron chi connectivity index (χ2n) is 9.31. The molecule has 2 aromatic carbocycles. The van der Waals surface area contributed by atoms with Gasteiger partial charge in [0.15, 0.2) is 5.82 Å². The van der Waals surface area contributed by atoms with Gasteiger partial charge in [-0.15, -0.1) is 0 Å². The number of halogens is 2. The zero-order valence-corrected chi connectivity index (χ0v) is 20.1. The van der Waals surface area contributed by atoms with Crippen molar-refractivity contribution >= 4 is 28.9 Å². The molecule has 7 nitrogen and oxygen atoms in total. The van der Waals surface area contributed by atoms with Crippen molar-refractivity contribution in [3.8, 4) is 6.01 Å². The van der Waals surface area contributed by atoms with Gasteiger partial charge in [0.05, 0.1) is 13.2 Å². The molecule has 3 heterocycles. The number of aliphatic hydroxyl groups excluding tert-OH is 2. The third kappa shape index (κ3) is 4.76. The maximum absolute atomic E-state index is 15.6. The van der Waals surface area contributed by atoms with Gasteiger partial charge in [0, 0.05) is 36.1 Å². The average molecular weight is 495 g/mol. The summed E-state index contributed by atoms with van der Waals surface area (Å²) >= 11 is 0. The van der Waals surface area contributed by atoms with Gasteiger partial charge in [-0.25, -0.2) is 8.78 Å². The van der Waals surface area contributed by atoms with E-state index in [0.29, 0.717) is 42.1 Å². The zero-order chi connectivity index (χ0) is 25.4. The van der Waals surface area contributed by atoms with Gasteiger partial charge in [-0.3, -0.25) is 0 Å². The first-order valence-electron chi connectivity index (χ1n) is 11.9. The fourth-order valence-electron chi connectivity index (χ4n) is 4.93. The molecule has 9 heteroatoms. The molecule has 36 heavy (non-hydrogen) atoms. The van der Waals surface area contributed by atoms with E-state index in [9.17, 15) is 10.2 Å². The summed E-state index contributed by atoms with van der Waals surface area (Å²) in [6, 6.07) is 8.86. The molecular formula is C27H28F2N4O3. The largest absolute Gasteiger partial charge is 0.508 e. The Balaban J connectivity index is 1.50. The predicted octanol–water partition coefficient (Wildman–Crippen LogP) is 4.52. The second-order valence-corrected chi connectivity index (χ2v) is 9.31. The molecule has 0 saturated carbocycles. The van der Waals surface area contributed by atoms with Crippen LogP contribution in [0.5, 0.6) is 6.01 Å². The lowest BCUT2D eigenvalue weighted by molar-refractivity contribution is 0.199. The van der Waals surface area contributed by atoms with Crippen molar-refractivity contribution in [1.82, 2.24) is 15.3 Å². The molecule has 2 fully saturated rings. The van der Waals surface area contributed by atoms with Crippen LogP contribution in [-0.2, 0) is 0 Å². The summed E-state index contributed by atoms with van der Waals surface area (Å²) < 4.78 is 36.0. The number of nitrogens with zero attached hydrogens (tertiary/aromatic N) is 3. The smallest absolute Gasteiger partial charge is 0.318 e. The number of anilines is 1. The average Bonchev–Trinajstić information content (AvgIpc) is 3.20. The lowest BCUT2D eigenvalue weighted by Crippen LogP contribution is -2.51. The minimum Gasteiger partial charge on any atom is -0.508 e. The Bertz CT molecular complexity index is 1350. The number of hydrogen-bond acceptors (Lipinski definition) is 7. The van der Waals surface area contributed by atoms with Crippen LogP contribution in [0.4, 0.5) is 14.6 Å². The van der Waals surface area contributed by atoms with Crippen molar-refractivity contribution in [3.63, 3.8) is 0 Å². The van der Waals surface area contributed by atoms with Crippen LogP contribution in [0.25, 0.3) is 23.1 Å². The number of aromatic nitrogens is 2. The van der Waals surface area contributed by atoms with E-state index in [4.69, 9.17) is 4.74 Å². The van der Waals surface area contributed by atoms with Crippen LogP contribution in [0.1, 0.15) is 42.6 Å². The summed E-state index contributed by atoms with van der Waals surface area (Å²) in [6.45, 7) is 3.02. The van der Waals surface area contributed by atoms with E-state index in [1.807, 2.05) is 4.90 Å². The van der Waals surface area contributed by atoms with Crippen LogP contribution in [0.15, 0.2) is 42.2 Å². The monoisotopic (exact) mass is 494 g/mol. The molecular weight excluding hydrogens is 466 g/mol. The number of rotatable bonds is 6. The van der Waals surface area contributed by atoms with Gasteiger partial charge in [-0.2, -0.15) is 9.97 Å². The topological polar surface area (TPSA) is 90.7 Å². The van der Waals surface area contributed by atoms with Gasteiger partial charge in [-0.05, 0) is 61.3 Å². The predicted molar refractivity (Wildman–Crippen MR) is 135 cm³/mol. The number of ether oxygens (including phenoxy) is 1. The van der Waals surface area contributed by atoms with Crippen LogP contribution in [0.3, 0.4) is 0 Å². The lowest BCUT2D eigenvalue weighted by atomic mass is 10.1. The first-order chi connectivity index (χ1) is 17.3. The molecule has 1 aromatic heterocycles. The van der Waals surface area contributed by atoms with Crippen LogP contribution in [0, 0.1) is 11.6 Å². The van der Waals surface area contributed by atoms with Gasteiger partial charge < -0.3 is 25.2 Å². The molecule has 0 amide bonds. The highest BCUT2D eigenvalue weighted by atomic mass is 19.1. The van der Waals surface area contributed by atoms with Crippen LogP contribution in [-0.4, -0.2) is 52.5 Å². The Morgan fingerprint density at radius 3 is 2.64 bits per heavy atom. The molecule has 3 unspecified atom stereocenters. The molecule has 3 aromatic rings. The zero-order valence-electron chi connectivity index (χ0n) is 20.1. The maximum Gasteiger partial charge on any atom is 0.318 e. The Hall–Kier alpha value is -3.56. The Morgan fingerprint density at radius 2 is 1.94 bits per heavy atom. The number of aliphatic hydroxyl groups is 2. The summed E-state index contributed by atoms with van der Waals surface area (Å²) in [6.07, 6.45) is 5.29. The molecule has 188 valence electrons. The highest BCUT2D eigenvalue weighted by Crippen LogP contribution is 2.34. The Labute approximate surface area is 207 Å². The molecule has 2 bridgehead atoms. The molecule has 2 aliphatic heterocycles. The van der Waals surface area contributed by atoms with E-state index in [1.54, 1.807) is 31.2 Å².